The molecule has 0 aliphatic carbocycles. The van der Waals surface area contributed by atoms with Crippen molar-refractivity contribution in [3.05, 3.63) is 67.6 Å². The molecule has 0 aromatic heterocycles. The van der Waals surface area contributed by atoms with E-state index in [1.807, 2.05) is 12.1 Å². The number of amides is 1. The summed E-state index contributed by atoms with van der Waals surface area (Å²) in [4.78, 5) is 14.5. The highest BCUT2D eigenvalue weighted by Crippen LogP contribution is 2.24. The van der Waals surface area contributed by atoms with Crippen LogP contribution in [0.1, 0.15) is 11.1 Å². The van der Waals surface area contributed by atoms with E-state index in [1.165, 1.54) is 0 Å². The van der Waals surface area contributed by atoms with Gasteiger partial charge in [-0.2, -0.15) is 0 Å². The minimum Gasteiger partial charge on any atom is -0.374 e. The molecule has 1 atom stereocenters. The van der Waals surface area contributed by atoms with Crippen LogP contribution in [-0.2, 0) is 22.5 Å². The number of nitrogens with one attached hydrogen (secondary N) is 1. The third kappa shape index (κ3) is 6.24. The van der Waals surface area contributed by atoms with Gasteiger partial charge in [-0.05, 0) is 35.4 Å². The van der Waals surface area contributed by atoms with Crippen molar-refractivity contribution in [1.29, 1.82) is 0 Å². The molecule has 0 radical (unpaired) electrons. The third-order valence-electron chi connectivity index (χ3n) is 4.49. The molecule has 150 valence electrons. The fraction of sp³-hybridized carbons (Fsp3) is 0.350. The highest BCUT2D eigenvalue weighted by molar-refractivity contribution is 6.42. The normalized spacial score (nSPS) is 17.5. The molecule has 0 saturated carbocycles. The molecule has 2 aromatic rings. The second kappa shape index (κ2) is 10.1. The molecular weight excluding hydrogens is 442 g/mol. The molecule has 1 N–H and O–H groups in total. The smallest absolute Gasteiger partial charge is 0.224 e. The van der Waals surface area contributed by atoms with Crippen molar-refractivity contribution >= 4 is 52.3 Å². The molecule has 0 bridgehead atoms. The maximum Gasteiger partial charge on any atom is 0.224 e. The molecule has 0 spiro atoms. The summed E-state index contributed by atoms with van der Waals surface area (Å²) in [5.74, 6) is -0.0800. The highest BCUT2D eigenvalue weighted by atomic mass is 35.5. The lowest BCUT2D eigenvalue weighted by molar-refractivity contribution is -0.121. The maximum atomic E-state index is 12.2. The molecule has 1 amide bonds. The predicted octanol–water partition coefficient (Wildman–Crippen LogP) is 4.86. The summed E-state index contributed by atoms with van der Waals surface area (Å²) >= 11 is 24.0. The molecule has 3 rings (SSSR count). The van der Waals surface area contributed by atoms with Crippen LogP contribution in [0.5, 0.6) is 0 Å². The van der Waals surface area contributed by atoms with Gasteiger partial charge in [0, 0.05) is 26.2 Å². The summed E-state index contributed by atoms with van der Waals surface area (Å²) in [5.41, 5.74) is 1.91. The standard InChI is InChI=1S/C20H20Cl4N2O2/c21-16-3-1-13(7-18(16)23)9-20(27)25-10-15-12-26(5-6-28-15)11-14-2-4-17(22)19(24)8-14/h1-4,7-8,15H,5-6,9-12H2,(H,25,27). The highest BCUT2D eigenvalue weighted by Gasteiger charge is 2.21. The summed E-state index contributed by atoms with van der Waals surface area (Å²) in [6.07, 6.45) is 0.186. The van der Waals surface area contributed by atoms with E-state index in [0.29, 0.717) is 33.2 Å². The summed E-state index contributed by atoms with van der Waals surface area (Å²) in [5, 5.41) is 4.96. The molecule has 4 nitrogen and oxygen atoms in total. The van der Waals surface area contributed by atoms with Crippen LogP contribution in [0.4, 0.5) is 0 Å². The minimum atomic E-state index is -0.0800. The van der Waals surface area contributed by atoms with Gasteiger partial charge in [0.2, 0.25) is 5.91 Å². The van der Waals surface area contributed by atoms with Gasteiger partial charge in [0.15, 0.2) is 0 Å². The Bertz CT molecular complexity index is 847. The van der Waals surface area contributed by atoms with Crippen LogP contribution < -0.4 is 5.32 Å². The number of halogens is 4. The number of ether oxygens (including phenoxy) is 1. The van der Waals surface area contributed by atoms with Gasteiger partial charge in [-0.3, -0.25) is 9.69 Å². The Morgan fingerprint density at radius 2 is 1.64 bits per heavy atom. The van der Waals surface area contributed by atoms with Crippen molar-refractivity contribution in [2.75, 3.05) is 26.2 Å². The van der Waals surface area contributed by atoms with E-state index in [-0.39, 0.29) is 18.4 Å². The van der Waals surface area contributed by atoms with Crippen molar-refractivity contribution in [2.24, 2.45) is 0 Å². The summed E-state index contributed by atoms with van der Waals surface area (Å²) in [6.45, 7) is 3.39. The summed E-state index contributed by atoms with van der Waals surface area (Å²) < 4.78 is 5.78. The van der Waals surface area contributed by atoms with Crippen LogP contribution in [0, 0.1) is 0 Å². The van der Waals surface area contributed by atoms with Crippen LogP contribution in [0.2, 0.25) is 20.1 Å². The average Bonchev–Trinajstić information content (AvgIpc) is 2.66. The number of hydrogen-bond donors (Lipinski definition) is 1. The molecule has 1 fully saturated rings. The molecule has 1 aliphatic rings. The van der Waals surface area contributed by atoms with Gasteiger partial charge in [0.1, 0.15) is 0 Å². The molecule has 1 saturated heterocycles. The van der Waals surface area contributed by atoms with Crippen LogP contribution in [0.25, 0.3) is 0 Å². The predicted molar refractivity (Wildman–Crippen MR) is 115 cm³/mol. The molecule has 1 aliphatic heterocycles. The summed E-state index contributed by atoms with van der Waals surface area (Å²) in [6, 6.07) is 10.9. The van der Waals surface area contributed by atoms with Crippen molar-refractivity contribution in [2.45, 2.75) is 19.1 Å². The first kappa shape index (κ1) is 21.7. The quantitative estimate of drug-likeness (QED) is 0.667. The Hall–Kier alpha value is -1.01. The van der Waals surface area contributed by atoms with Gasteiger partial charge in [0.25, 0.3) is 0 Å². The molecule has 2 aromatic carbocycles. The first-order valence-corrected chi connectivity index (χ1v) is 10.4. The molecule has 28 heavy (non-hydrogen) atoms. The zero-order valence-corrected chi connectivity index (χ0v) is 18.1. The number of nitrogens with zero attached hydrogens (tertiary/aromatic N) is 1. The lowest BCUT2D eigenvalue weighted by atomic mass is 10.1. The zero-order valence-electron chi connectivity index (χ0n) is 15.1. The Labute approximate surface area is 184 Å². The van der Waals surface area contributed by atoms with E-state index in [1.54, 1.807) is 24.3 Å². The van der Waals surface area contributed by atoms with Gasteiger partial charge in [-0.1, -0.05) is 58.5 Å². The maximum absolute atomic E-state index is 12.2. The van der Waals surface area contributed by atoms with Crippen LogP contribution >= 0.6 is 46.4 Å². The number of morpholine rings is 1. The average molecular weight is 462 g/mol. The van der Waals surface area contributed by atoms with Crippen molar-refractivity contribution in [3.8, 4) is 0 Å². The second-order valence-corrected chi connectivity index (χ2v) is 8.33. The topological polar surface area (TPSA) is 41.6 Å². The lowest BCUT2D eigenvalue weighted by Gasteiger charge is -2.33. The van der Waals surface area contributed by atoms with Gasteiger partial charge >= 0.3 is 0 Å². The number of carbonyl (C=O) groups excluding carboxylic acids is 1. The summed E-state index contributed by atoms with van der Waals surface area (Å²) in [7, 11) is 0. The number of carbonyl (C=O) groups is 1. The first-order valence-electron chi connectivity index (χ1n) is 8.89. The van der Waals surface area contributed by atoms with Gasteiger partial charge in [-0.15, -0.1) is 0 Å². The van der Waals surface area contributed by atoms with Crippen molar-refractivity contribution in [1.82, 2.24) is 10.2 Å². The van der Waals surface area contributed by atoms with Crippen LogP contribution in [-0.4, -0.2) is 43.2 Å². The van der Waals surface area contributed by atoms with E-state index < -0.39 is 0 Å². The monoisotopic (exact) mass is 460 g/mol. The van der Waals surface area contributed by atoms with Crippen LogP contribution in [0.15, 0.2) is 36.4 Å². The van der Waals surface area contributed by atoms with E-state index in [2.05, 4.69) is 10.2 Å². The van der Waals surface area contributed by atoms with Gasteiger partial charge in [-0.25, -0.2) is 0 Å². The molecule has 1 unspecified atom stereocenters. The number of rotatable bonds is 6. The van der Waals surface area contributed by atoms with E-state index in [4.69, 9.17) is 51.1 Å². The van der Waals surface area contributed by atoms with E-state index in [9.17, 15) is 4.79 Å². The Morgan fingerprint density at radius 3 is 2.32 bits per heavy atom. The zero-order chi connectivity index (χ0) is 20.1. The molecular formula is C20H20Cl4N2O2. The van der Waals surface area contributed by atoms with Gasteiger partial charge in [0.05, 0.1) is 39.2 Å². The fourth-order valence-electron chi connectivity index (χ4n) is 3.07. The number of benzene rings is 2. The molecule has 8 heteroatoms. The van der Waals surface area contributed by atoms with Crippen molar-refractivity contribution in [3.63, 3.8) is 0 Å². The van der Waals surface area contributed by atoms with Crippen LogP contribution in [0.3, 0.4) is 0 Å². The Balaban J connectivity index is 1.47. The second-order valence-electron chi connectivity index (χ2n) is 6.71. The molecule has 1 heterocycles. The first-order chi connectivity index (χ1) is 13.4. The minimum absolute atomic E-state index is 0.0609. The Kier molecular flexibility index (Phi) is 7.86. The van der Waals surface area contributed by atoms with E-state index in [0.717, 1.165) is 30.8 Å². The number of hydrogen-bond acceptors (Lipinski definition) is 3. The Morgan fingerprint density at radius 1 is 1.00 bits per heavy atom. The fourth-order valence-corrected chi connectivity index (χ4v) is 3.71. The van der Waals surface area contributed by atoms with Crippen molar-refractivity contribution < 1.29 is 9.53 Å². The van der Waals surface area contributed by atoms with Gasteiger partial charge < -0.3 is 10.1 Å². The van der Waals surface area contributed by atoms with E-state index >= 15 is 0 Å². The largest absolute Gasteiger partial charge is 0.374 e. The SMILES string of the molecule is O=C(Cc1ccc(Cl)c(Cl)c1)NCC1CN(Cc2ccc(Cl)c(Cl)c2)CCO1. The lowest BCUT2D eigenvalue weighted by Crippen LogP contribution is -2.47. The third-order valence-corrected chi connectivity index (χ3v) is 5.97.